The Labute approximate surface area is 126 Å². The number of urea groups is 1. The van der Waals surface area contributed by atoms with E-state index in [2.05, 4.69) is 5.32 Å². The summed E-state index contributed by atoms with van der Waals surface area (Å²) >= 11 is 0. The van der Waals surface area contributed by atoms with Crippen LogP contribution in [0, 0.1) is 11.3 Å². The molecule has 5 nitrogen and oxygen atoms in total. The predicted molar refractivity (Wildman–Crippen MR) is 77.9 cm³/mol. The maximum atomic E-state index is 12.5. The number of β-amino-alcohol motifs (C(OH)–C–C–N with tert-alkyl or cyclic N) is 1. The van der Waals surface area contributed by atoms with Crippen molar-refractivity contribution in [3.8, 4) is 0 Å². The second-order valence-electron chi connectivity index (χ2n) is 7.35. The summed E-state index contributed by atoms with van der Waals surface area (Å²) in [6.07, 6.45) is 7.76. The molecule has 2 aliphatic carbocycles. The van der Waals surface area contributed by atoms with Crippen LogP contribution < -0.4 is 5.32 Å². The molecule has 21 heavy (non-hydrogen) atoms. The van der Waals surface area contributed by atoms with E-state index in [4.69, 9.17) is 4.74 Å². The summed E-state index contributed by atoms with van der Waals surface area (Å²) in [4.78, 5) is 14.3. The quantitative estimate of drug-likeness (QED) is 0.770. The molecule has 118 valence electrons. The molecular weight excluding hydrogens is 268 g/mol. The van der Waals surface area contributed by atoms with Gasteiger partial charge in [0.05, 0.1) is 12.2 Å². The Hall–Kier alpha value is -0.810. The van der Waals surface area contributed by atoms with Gasteiger partial charge in [-0.05, 0) is 32.1 Å². The SMILES string of the molecule is O=C(NC1C2CCOC2C12CCCC2)N1CCCC(O)C1. The second kappa shape index (κ2) is 5.13. The van der Waals surface area contributed by atoms with Gasteiger partial charge in [-0.3, -0.25) is 0 Å². The number of carbonyl (C=O) groups excluding carboxylic acids is 1. The standard InChI is InChI=1S/C16H26N2O3/c19-11-4-3-8-18(10-11)15(20)17-13-12-5-9-21-14(12)16(13)6-1-2-7-16/h11-14,19H,1-10H2,(H,17,20). The summed E-state index contributed by atoms with van der Waals surface area (Å²) < 4.78 is 5.96. The van der Waals surface area contributed by atoms with Crippen LogP contribution in [0.15, 0.2) is 0 Å². The van der Waals surface area contributed by atoms with E-state index in [1.54, 1.807) is 4.90 Å². The van der Waals surface area contributed by atoms with E-state index in [1.165, 1.54) is 25.7 Å². The Morgan fingerprint density at radius 2 is 2.05 bits per heavy atom. The number of amides is 2. The van der Waals surface area contributed by atoms with Crippen molar-refractivity contribution < 1.29 is 14.6 Å². The minimum Gasteiger partial charge on any atom is -0.391 e. The van der Waals surface area contributed by atoms with Crippen molar-refractivity contribution in [1.82, 2.24) is 10.2 Å². The van der Waals surface area contributed by atoms with Gasteiger partial charge in [-0.25, -0.2) is 4.79 Å². The molecule has 0 aromatic carbocycles. The molecule has 4 atom stereocenters. The summed E-state index contributed by atoms with van der Waals surface area (Å²) in [6.45, 7) is 2.11. The minimum absolute atomic E-state index is 0.0235. The highest BCUT2D eigenvalue weighted by Crippen LogP contribution is 2.60. The first-order chi connectivity index (χ1) is 10.2. The summed E-state index contributed by atoms with van der Waals surface area (Å²) in [5.74, 6) is 0.516. The van der Waals surface area contributed by atoms with Crippen LogP contribution in [0.5, 0.6) is 0 Å². The van der Waals surface area contributed by atoms with Gasteiger partial charge in [0.25, 0.3) is 0 Å². The molecule has 4 unspecified atom stereocenters. The van der Waals surface area contributed by atoms with E-state index in [1.807, 2.05) is 0 Å². The third-order valence-electron chi connectivity index (χ3n) is 6.25. The molecule has 4 rings (SSSR count). The molecule has 2 heterocycles. The third kappa shape index (κ3) is 2.08. The van der Waals surface area contributed by atoms with Gasteiger partial charge in [-0.2, -0.15) is 0 Å². The largest absolute Gasteiger partial charge is 0.391 e. The molecule has 0 aromatic heterocycles. The molecule has 4 fully saturated rings. The zero-order chi connectivity index (χ0) is 14.4. The van der Waals surface area contributed by atoms with Crippen LogP contribution in [0.1, 0.15) is 44.9 Å². The highest BCUT2D eigenvalue weighted by molar-refractivity contribution is 5.75. The number of nitrogens with zero attached hydrogens (tertiary/aromatic N) is 1. The van der Waals surface area contributed by atoms with E-state index < -0.39 is 0 Å². The van der Waals surface area contributed by atoms with Crippen molar-refractivity contribution in [2.75, 3.05) is 19.7 Å². The molecule has 2 N–H and O–H groups in total. The van der Waals surface area contributed by atoms with Gasteiger partial charge in [0.1, 0.15) is 0 Å². The number of fused-ring (bicyclic) bond motifs is 2. The highest BCUT2D eigenvalue weighted by Gasteiger charge is 2.65. The van der Waals surface area contributed by atoms with Crippen LogP contribution in [0.25, 0.3) is 0 Å². The van der Waals surface area contributed by atoms with Crippen molar-refractivity contribution in [1.29, 1.82) is 0 Å². The monoisotopic (exact) mass is 294 g/mol. The van der Waals surface area contributed by atoms with Gasteiger partial charge < -0.3 is 20.1 Å². The number of aliphatic hydroxyl groups excluding tert-OH is 1. The smallest absolute Gasteiger partial charge is 0.317 e. The molecule has 1 spiro atoms. The first-order valence-electron chi connectivity index (χ1n) is 8.56. The van der Waals surface area contributed by atoms with E-state index in [0.717, 1.165) is 32.4 Å². The van der Waals surface area contributed by atoms with Crippen LogP contribution in [0.3, 0.4) is 0 Å². The Bertz CT molecular complexity index is 422. The van der Waals surface area contributed by atoms with Gasteiger partial charge in [0.2, 0.25) is 0 Å². The average Bonchev–Trinajstić information content (AvgIpc) is 3.12. The number of hydrogen-bond acceptors (Lipinski definition) is 3. The van der Waals surface area contributed by atoms with Crippen molar-refractivity contribution in [3.63, 3.8) is 0 Å². The lowest BCUT2D eigenvalue weighted by atomic mass is 9.54. The number of rotatable bonds is 1. The molecule has 4 aliphatic rings. The number of likely N-dealkylation sites (tertiary alicyclic amines) is 1. The third-order valence-corrected chi connectivity index (χ3v) is 6.25. The second-order valence-corrected chi connectivity index (χ2v) is 7.35. The average molecular weight is 294 g/mol. The number of ether oxygens (including phenoxy) is 1. The summed E-state index contributed by atoms with van der Waals surface area (Å²) in [5, 5.41) is 13.1. The van der Waals surface area contributed by atoms with Crippen LogP contribution >= 0.6 is 0 Å². The Kier molecular flexibility index (Phi) is 3.38. The van der Waals surface area contributed by atoms with Crippen molar-refractivity contribution >= 4 is 6.03 Å². The molecule has 2 saturated carbocycles. The number of carbonyl (C=O) groups is 1. The van der Waals surface area contributed by atoms with Crippen molar-refractivity contribution in [2.45, 2.75) is 63.2 Å². The summed E-state index contributed by atoms with van der Waals surface area (Å²) in [6, 6.07) is 0.314. The van der Waals surface area contributed by atoms with E-state index >= 15 is 0 Å². The lowest BCUT2D eigenvalue weighted by molar-refractivity contribution is -0.127. The molecule has 5 heteroatoms. The fourth-order valence-electron chi connectivity index (χ4n) is 5.27. The minimum atomic E-state index is -0.353. The van der Waals surface area contributed by atoms with Gasteiger partial charge in [-0.1, -0.05) is 12.8 Å². The highest BCUT2D eigenvalue weighted by atomic mass is 16.5. The predicted octanol–water partition coefficient (Wildman–Crippen LogP) is 1.50. The number of hydrogen-bond donors (Lipinski definition) is 2. The number of aliphatic hydroxyl groups is 1. The Morgan fingerprint density at radius 1 is 1.24 bits per heavy atom. The molecule has 2 aliphatic heterocycles. The van der Waals surface area contributed by atoms with Gasteiger partial charge in [0, 0.05) is 37.1 Å². The molecule has 0 radical (unpaired) electrons. The number of piperidine rings is 1. The van der Waals surface area contributed by atoms with Crippen LogP contribution in [0.2, 0.25) is 0 Å². The maximum absolute atomic E-state index is 12.5. The van der Waals surface area contributed by atoms with Gasteiger partial charge in [0.15, 0.2) is 0 Å². The Balaban J connectivity index is 1.44. The fraction of sp³-hybridized carbons (Fsp3) is 0.938. The zero-order valence-corrected chi connectivity index (χ0v) is 12.6. The molecular formula is C16H26N2O3. The zero-order valence-electron chi connectivity index (χ0n) is 12.6. The van der Waals surface area contributed by atoms with Crippen LogP contribution in [0.4, 0.5) is 4.79 Å². The first-order valence-corrected chi connectivity index (χ1v) is 8.56. The fourth-order valence-corrected chi connectivity index (χ4v) is 5.27. The van der Waals surface area contributed by atoms with E-state index in [0.29, 0.717) is 24.6 Å². The van der Waals surface area contributed by atoms with Crippen molar-refractivity contribution in [3.05, 3.63) is 0 Å². The maximum Gasteiger partial charge on any atom is 0.317 e. The lowest BCUT2D eigenvalue weighted by Crippen LogP contribution is -2.69. The lowest BCUT2D eigenvalue weighted by Gasteiger charge is -2.57. The molecule has 0 bridgehead atoms. The summed E-state index contributed by atoms with van der Waals surface area (Å²) in [5.41, 5.74) is 0.214. The van der Waals surface area contributed by atoms with Crippen molar-refractivity contribution in [2.24, 2.45) is 11.3 Å². The first kappa shape index (κ1) is 13.8. The summed E-state index contributed by atoms with van der Waals surface area (Å²) in [7, 11) is 0. The van der Waals surface area contributed by atoms with E-state index in [-0.39, 0.29) is 17.6 Å². The molecule has 2 saturated heterocycles. The normalized spacial score (nSPS) is 40.9. The topological polar surface area (TPSA) is 61.8 Å². The van der Waals surface area contributed by atoms with E-state index in [9.17, 15) is 9.90 Å². The number of nitrogens with one attached hydrogen (secondary N) is 1. The van der Waals surface area contributed by atoms with Crippen LogP contribution in [-0.4, -0.2) is 54.0 Å². The Morgan fingerprint density at radius 3 is 2.81 bits per heavy atom. The molecule has 0 aromatic rings. The van der Waals surface area contributed by atoms with Gasteiger partial charge >= 0.3 is 6.03 Å². The van der Waals surface area contributed by atoms with Gasteiger partial charge in [-0.15, -0.1) is 0 Å². The molecule has 2 amide bonds. The van der Waals surface area contributed by atoms with Crippen LogP contribution in [-0.2, 0) is 4.74 Å².